The molecule has 0 N–H and O–H groups in total. The van der Waals surface area contributed by atoms with Gasteiger partial charge in [-0.15, -0.1) is 0 Å². The molecule has 0 radical (unpaired) electrons. The minimum atomic E-state index is 0.792. The van der Waals surface area contributed by atoms with Crippen molar-refractivity contribution in [3.8, 4) is 27.9 Å². The number of hydrogen-bond donors (Lipinski definition) is 0. The van der Waals surface area contributed by atoms with E-state index in [-0.39, 0.29) is 0 Å². The fourth-order valence-electron chi connectivity index (χ4n) is 8.94. The maximum absolute atomic E-state index is 5.17. The van der Waals surface area contributed by atoms with Crippen LogP contribution in [-0.2, 0) is 0 Å². The van der Waals surface area contributed by atoms with Crippen molar-refractivity contribution in [2.45, 2.75) is 12.8 Å². The summed E-state index contributed by atoms with van der Waals surface area (Å²) in [6.07, 6.45) is 10.9. The van der Waals surface area contributed by atoms with E-state index in [4.69, 9.17) is 4.98 Å². The lowest BCUT2D eigenvalue weighted by atomic mass is 9.84. The molecule has 1 aliphatic carbocycles. The highest BCUT2D eigenvalue weighted by molar-refractivity contribution is 6.22. The maximum atomic E-state index is 5.17. The summed E-state index contributed by atoms with van der Waals surface area (Å²) in [6, 6.07) is 66.3. The van der Waals surface area contributed by atoms with Gasteiger partial charge in [0, 0.05) is 5.69 Å². The molecule has 0 bridgehead atoms. The number of allylic oxidation sites excluding steroid dienone is 6. The molecule has 1 aromatic heterocycles. The van der Waals surface area contributed by atoms with E-state index in [1.807, 2.05) is 0 Å². The molecule has 1 heterocycles. The van der Waals surface area contributed by atoms with Crippen molar-refractivity contribution in [2.24, 2.45) is 0 Å². The molecule has 0 saturated heterocycles. The fraction of sp³-hybridized carbons (Fsp3) is 0.0364. The molecule has 57 heavy (non-hydrogen) atoms. The molecule has 0 amide bonds. The number of imidazole rings is 1. The molecule has 0 spiro atoms. The minimum Gasteiger partial charge on any atom is -0.293 e. The number of benzene rings is 9. The summed E-state index contributed by atoms with van der Waals surface area (Å²) in [5.41, 5.74) is 11.9. The predicted octanol–water partition coefficient (Wildman–Crippen LogP) is 14.8. The van der Waals surface area contributed by atoms with Gasteiger partial charge in [0.15, 0.2) is 0 Å². The molecule has 0 unspecified atom stereocenters. The van der Waals surface area contributed by atoms with Gasteiger partial charge >= 0.3 is 0 Å². The standard InChI is InChI=1S/C55H38N2/c1-2-22-46(23-3-1)57-52-27-11-10-26-51(52)56-55(57)40-20-12-18-37(19-13-21-40)43-32-33-49-50(36-43)54(45-31-29-39-15-5-7-17-42(39)35-45)48-25-9-8-24-47(48)53(49)44-30-28-38-14-4-6-16-41(38)34-44/h1-12,14-19,21-36H,13,20H2/b18-12-,37-19+,40-21+. The lowest BCUT2D eigenvalue weighted by Crippen LogP contribution is -2.01. The third kappa shape index (κ3) is 5.77. The SMILES string of the molecule is C1=C\C(c2ccc3c(-c4ccc5ccccc5c4)c4ccccc4c(-c4ccc5ccccc5c4)c3c2)=C/C/C=C(/c2nc3ccccc3n2-c2ccccc2)C/1. The van der Waals surface area contributed by atoms with Gasteiger partial charge in [0.25, 0.3) is 0 Å². The van der Waals surface area contributed by atoms with E-state index in [9.17, 15) is 0 Å². The Balaban J connectivity index is 1.08. The summed E-state index contributed by atoms with van der Waals surface area (Å²) in [6.45, 7) is 0. The highest BCUT2D eigenvalue weighted by Gasteiger charge is 2.20. The van der Waals surface area contributed by atoms with Gasteiger partial charge in [-0.2, -0.15) is 0 Å². The summed E-state index contributed by atoms with van der Waals surface area (Å²) in [7, 11) is 0. The fourth-order valence-corrected chi connectivity index (χ4v) is 8.94. The van der Waals surface area contributed by atoms with Gasteiger partial charge in [-0.05, 0) is 137 Å². The van der Waals surface area contributed by atoms with Gasteiger partial charge in [0.2, 0.25) is 0 Å². The van der Waals surface area contributed by atoms with Crippen LogP contribution in [0.3, 0.4) is 0 Å². The topological polar surface area (TPSA) is 17.8 Å². The number of rotatable bonds is 5. The first-order valence-electron chi connectivity index (χ1n) is 19.8. The van der Waals surface area contributed by atoms with E-state index in [1.54, 1.807) is 0 Å². The zero-order chi connectivity index (χ0) is 37.7. The summed E-state index contributed by atoms with van der Waals surface area (Å²) >= 11 is 0. The normalized spacial score (nSPS) is 15.6. The Morgan fingerprint density at radius 2 is 1.02 bits per heavy atom. The molecule has 0 atom stereocenters. The van der Waals surface area contributed by atoms with E-state index in [0.717, 1.165) is 35.4 Å². The zero-order valence-corrected chi connectivity index (χ0v) is 31.4. The number of nitrogens with zero attached hydrogens (tertiary/aromatic N) is 2. The molecule has 9 aromatic carbocycles. The smallest absolute Gasteiger partial charge is 0.141 e. The Kier molecular flexibility index (Phi) is 8.00. The van der Waals surface area contributed by atoms with Crippen LogP contribution < -0.4 is 0 Å². The van der Waals surface area contributed by atoms with Gasteiger partial charge in [-0.3, -0.25) is 4.57 Å². The molecule has 10 aromatic rings. The van der Waals surface area contributed by atoms with Crippen LogP contribution >= 0.6 is 0 Å². The number of hydrogen-bond acceptors (Lipinski definition) is 1. The number of aromatic nitrogens is 2. The lowest BCUT2D eigenvalue weighted by molar-refractivity contribution is 1.04. The van der Waals surface area contributed by atoms with Crippen molar-refractivity contribution in [3.63, 3.8) is 0 Å². The zero-order valence-electron chi connectivity index (χ0n) is 31.4. The molecular weight excluding hydrogens is 689 g/mol. The Morgan fingerprint density at radius 1 is 0.439 bits per heavy atom. The second-order valence-corrected chi connectivity index (χ2v) is 15.0. The highest BCUT2D eigenvalue weighted by Crippen LogP contribution is 2.45. The largest absolute Gasteiger partial charge is 0.293 e. The van der Waals surface area contributed by atoms with Crippen molar-refractivity contribution in [2.75, 3.05) is 0 Å². The van der Waals surface area contributed by atoms with Crippen LogP contribution in [0.25, 0.3) is 93.2 Å². The number of fused-ring (bicyclic) bond motifs is 5. The Morgan fingerprint density at radius 3 is 1.74 bits per heavy atom. The minimum absolute atomic E-state index is 0.792. The molecule has 0 fully saturated rings. The summed E-state index contributed by atoms with van der Waals surface area (Å²) in [5, 5.41) is 10.0. The molecule has 2 nitrogen and oxygen atoms in total. The molecule has 11 rings (SSSR count). The van der Waals surface area contributed by atoms with Crippen LogP contribution in [0.15, 0.2) is 206 Å². The van der Waals surface area contributed by atoms with Crippen LogP contribution in [0.1, 0.15) is 24.2 Å². The Labute approximate surface area is 332 Å². The lowest BCUT2D eigenvalue weighted by Gasteiger charge is -2.19. The van der Waals surface area contributed by atoms with Crippen molar-refractivity contribution in [1.82, 2.24) is 9.55 Å². The maximum Gasteiger partial charge on any atom is 0.141 e. The van der Waals surface area contributed by atoms with Gasteiger partial charge < -0.3 is 0 Å². The second-order valence-electron chi connectivity index (χ2n) is 15.0. The molecule has 2 heteroatoms. The van der Waals surface area contributed by atoms with Crippen molar-refractivity contribution >= 4 is 65.3 Å². The third-order valence-electron chi connectivity index (χ3n) is 11.6. The Bertz CT molecular complexity index is 3290. The molecule has 1 aliphatic rings. The monoisotopic (exact) mass is 726 g/mol. The quantitative estimate of drug-likeness (QED) is 0.162. The number of para-hydroxylation sites is 3. The first-order chi connectivity index (χ1) is 28.3. The summed E-state index contributed by atoms with van der Waals surface area (Å²) < 4.78 is 2.30. The average Bonchev–Trinajstić information content (AvgIpc) is 3.65. The van der Waals surface area contributed by atoms with E-state index in [1.165, 1.54) is 82.1 Å². The molecule has 268 valence electrons. The Hall–Kier alpha value is -7.29. The first-order valence-corrected chi connectivity index (χ1v) is 19.8. The van der Waals surface area contributed by atoms with Gasteiger partial charge in [-0.25, -0.2) is 4.98 Å². The first kappa shape index (κ1) is 33.1. The molecule has 0 saturated carbocycles. The highest BCUT2D eigenvalue weighted by atomic mass is 15.1. The van der Waals surface area contributed by atoms with Gasteiger partial charge in [0.1, 0.15) is 5.82 Å². The van der Waals surface area contributed by atoms with Crippen molar-refractivity contribution in [3.05, 3.63) is 218 Å². The second kappa shape index (κ2) is 13.8. The van der Waals surface area contributed by atoms with Gasteiger partial charge in [0.05, 0.1) is 11.0 Å². The van der Waals surface area contributed by atoms with Crippen LogP contribution in [0.5, 0.6) is 0 Å². The third-order valence-corrected chi connectivity index (χ3v) is 11.6. The van der Waals surface area contributed by atoms with Crippen LogP contribution in [0, 0.1) is 0 Å². The predicted molar refractivity (Wildman–Crippen MR) is 243 cm³/mol. The van der Waals surface area contributed by atoms with E-state index in [0.29, 0.717) is 0 Å². The van der Waals surface area contributed by atoms with Gasteiger partial charge in [-0.1, -0.05) is 164 Å². The summed E-state index contributed by atoms with van der Waals surface area (Å²) in [4.78, 5) is 5.17. The van der Waals surface area contributed by atoms with Crippen LogP contribution in [0.2, 0.25) is 0 Å². The molecule has 0 aliphatic heterocycles. The average molecular weight is 727 g/mol. The van der Waals surface area contributed by atoms with Crippen LogP contribution in [-0.4, -0.2) is 9.55 Å². The summed E-state index contributed by atoms with van der Waals surface area (Å²) in [5.74, 6) is 1.00. The van der Waals surface area contributed by atoms with E-state index >= 15 is 0 Å². The van der Waals surface area contributed by atoms with Crippen molar-refractivity contribution < 1.29 is 0 Å². The molecular formula is C55H38N2. The van der Waals surface area contributed by atoms with E-state index in [2.05, 4.69) is 211 Å². The van der Waals surface area contributed by atoms with Crippen molar-refractivity contribution in [1.29, 1.82) is 0 Å². The van der Waals surface area contributed by atoms with E-state index < -0.39 is 0 Å². The van der Waals surface area contributed by atoms with Crippen LogP contribution in [0.4, 0.5) is 0 Å².